The molecule has 0 aliphatic rings. The van der Waals surface area contributed by atoms with E-state index in [1.54, 1.807) is 7.11 Å². The Morgan fingerprint density at radius 1 is 1.31 bits per heavy atom. The first-order valence-electron chi connectivity index (χ1n) is 5.99. The zero-order valence-corrected chi connectivity index (χ0v) is 11.3. The van der Waals surface area contributed by atoms with E-state index in [0.29, 0.717) is 0 Å². The molecule has 0 aromatic heterocycles. The largest absolute Gasteiger partial charge is 0.501 e. The second kappa shape index (κ2) is 9.08. The van der Waals surface area contributed by atoms with Gasteiger partial charge in [-0.1, -0.05) is 32.4 Å². The first-order valence-corrected chi connectivity index (χ1v) is 5.99. The normalized spacial score (nSPS) is 13.9. The van der Waals surface area contributed by atoms with Crippen LogP contribution in [-0.2, 0) is 4.74 Å². The molecule has 0 aromatic rings. The fourth-order valence-electron chi connectivity index (χ4n) is 1.38. The number of likely N-dealkylation sites (N-methyl/N-ethyl adjacent to an activating group) is 1. The van der Waals surface area contributed by atoms with Crippen LogP contribution in [-0.4, -0.2) is 14.2 Å². The van der Waals surface area contributed by atoms with Crippen LogP contribution in [0, 0.1) is 0 Å². The summed E-state index contributed by atoms with van der Waals surface area (Å²) in [5, 5.41) is 3.22. The van der Waals surface area contributed by atoms with Gasteiger partial charge in [0.1, 0.15) is 0 Å². The van der Waals surface area contributed by atoms with Crippen molar-refractivity contribution in [2.45, 2.75) is 40.0 Å². The van der Waals surface area contributed by atoms with Crippen LogP contribution >= 0.6 is 0 Å². The molecule has 16 heavy (non-hydrogen) atoms. The molecule has 0 fully saturated rings. The minimum atomic E-state index is 0.916. The summed E-state index contributed by atoms with van der Waals surface area (Å²) in [6.07, 6.45) is 9.81. The summed E-state index contributed by atoms with van der Waals surface area (Å²) in [5.41, 5.74) is 2.45. The van der Waals surface area contributed by atoms with E-state index in [-0.39, 0.29) is 0 Å². The number of nitrogens with one attached hydrogen (secondary N) is 1. The number of hydrogen-bond acceptors (Lipinski definition) is 2. The maximum absolute atomic E-state index is 5.17. The first kappa shape index (κ1) is 14.8. The fourth-order valence-corrected chi connectivity index (χ4v) is 1.38. The lowest BCUT2D eigenvalue weighted by molar-refractivity contribution is 0.293. The minimum Gasteiger partial charge on any atom is -0.501 e. The molecular formula is C14H25NO. The predicted molar refractivity (Wildman–Crippen MR) is 71.2 cm³/mol. The minimum absolute atomic E-state index is 0.916. The van der Waals surface area contributed by atoms with Crippen molar-refractivity contribution in [2.75, 3.05) is 14.2 Å². The lowest BCUT2D eigenvalue weighted by Gasteiger charge is -2.08. The molecule has 0 aliphatic carbocycles. The van der Waals surface area contributed by atoms with E-state index >= 15 is 0 Å². The lowest BCUT2D eigenvalue weighted by atomic mass is 10.1. The molecule has 0 unspecified atom stereocenters. The summed E-state index contributed by atoms with van der Waals surface area (Å²) >= 11 is 0. The maximum Gasteiger partial charge on any atom is 0.0945 e. The smallest absolute Gasteiger partial charge is 0.0945 e. The summed E-state index contributed by atoms with van der Waals surface area (Å²) in [7, 11) is 3.63. The van der Waals surface area contributed by atoms with Gasteiger partial charge in [-0.3, -0.25) is 0 Å². The summed E-state index contributed by atoms with van der Waals surface area (Å²) in [5.74, 6) is 0.916. The molecule has 0 spiro atoms. The molecule has 1 N–H and O–H groups in total. The number of unbranched alkanes of at least 4 members (excludes halogenated alkanes) is 1. The van der Waals surface area contributed by atoms with Crippen LogP contribution in [0.3, 0.4) is 0 Å². The van der Waals surface area contributed by atoms with Gasteiger partial charge in [0.25, 0.3) is 0 Å². The van der Waals surface area contributed by atoms with E-state index in [1.807, 2.05) is 20.0 Å². The summed E-state index contributed by atoms with van der Waals surface area (Å²) < 4.78 is 5.17. The van der Waals surface area contributed by atoms with E-state index in [4.69, 9.17) is 4.74 Å². The van der Waals surface area contributed by atoms with E-state index < -0.39 is 0 Å². The highest BCUT2D eigenvalue weighted by Crippen LogP contribution is 2.12. The van der Waals surface area contributed by atoms with Crippen LogP contribution in [0.2, 0.25) is 0 Å². The topological polar surface area (TPSA) is 21.3 Å². The van der Waals surface area contributed by atoms with Crippen LogP contribution in [0.4, 0.5) is 0 Å². The highest BCUT2D eigenvalue weighted by molar-refractivity contribution is 5.32. The Labute approximate surface area is 100 Å². The lowest BCUT2D eigenvalue weighted by Crippen LogP contribution is -2.07. The number of hydrogen-bond donors (Lipinski definition) is 1. The Bertz CT molecular complexity index is 274. The van der Waals surface area contributed by atoms with E-state index in [9.17, 15) is 0 Å². The first-order chi connectivity index (χ1) is 7.69. The van der Waals surface area contributed by atoms with E-state index in [1.165, 1.54) is 12.0 Å². The molecule has 0 saturated carbocycles. The van der Waals surface area contributed by atoms with Crippen LogP contribution in [0.1, 0.15) is 40.0 Å². The number of rotatable bonds is 7. The van der Waals surface area contributed by atoms with Gasteiger partial charge in [0.2, 0.25) is 0 Å². The Kier molecular flexibility index (Phi) is 8.41. The summed E-state index contributed by atoms with van der Waals surface area (Å²) in [6, 6.07) is 0. The van der Waals surface area contributed by atoms with Gasteiger partial charge >= 0.3 is 0 Å². The Balaban J connectivity index is 4.90. The van der Waals surface area contributed by atoms with Gasteiger partial charge in [-0.15, -0.1) is 0 Å². The average molecular weight is 223 g/mol. The zero-order valence-electron chi connectivity index (χ0n) is 11.3. The Hall–Kier alpha value is -1.18. The van der Waals surface area contributed by atoms with Gasteiger partial charge in [0.15, 0.2) is 0 Å². The molecule has 0 radical (unpaired) electrons. The van der Waals surface area contributed by atoms with Crippen molar-refractivity contribution < 1.29 is 4.74 Å². The van der Waals surface area contributed by atoms with Crippen molar-refractivity contribution in [3.63, 3.8) is 0 Å². The van der Waals surface area contributed by atoms with E-state index in [2.05, 4.69) is 31.3 Å². The molecule has 0 rings (SSSR count). The molecule has 0 saturated heterocycles. The molecule has 0 amide bonds. The number of ether oxygens (including phenoxy) is 1. The number of methoxy groups -OCH3 is 1. The van der Waals surface area contributed by atoms with Gasteiger partial charge in [-0.25, -0.2) is 0 Å². The third-order valence-electron chi connectivity index (χ3n) is 2.44. The van der Waals surface area contributed by atoms with Crippen molar-refractivity contribution in [1.29, 1.82) is 0 Å². The quantitative estimate of drug-likeness (QED) is 0.524. The maximum atomic E-state index is 5.17. The van der Waals surface area contributed by atoms with Crippen LogP contribution in [0.25, 0.3) is 0 Å². The predicted octanol–water partition coefficient (Wildman–Crippen LogP) is 3.78. The van der Waals surface area contributed by atoms with Gasteiger partial charge < -0.3 is 10.1 Å². The Morgan fingerprint density at radius 2 is 2.00 bits per heavy atom. The highest BCUT2D eigenvalue weighted by atomic mass is 16.5. The van der Waals surface area contributed by atoms with Crippen molar-refractivity contribution in [3.8, 4) is 0 Å². The molecule has 0 atom stereocenters. The van der Waals surface area contributed by atoms with Crippen molar-refractivity contribution in [1.82, 2.24) is 5.32 Å². The van der Waals surface area contributed by atoms with Crippen LogP contribution < -0.4 is 5.32 Å². The standard InChI is InChI=1S/C14H25NO/c1-6-8-9-10-13(7-2)14(15-4)11-12(3)16-5/h9-11,15H,6-8H2,1-5H3/b10-9+,12-11+,14-13-. The van der Waals surface area contributed by atoms with Crippen LogP contribution in [0.15, 0.2) is 35.3 Å². The molecule has 0 aromatic carbocycles. The van der Waals surface area contributed by atoms with Gasteiger partial charge in [0, 0.05) is 12.7 Å². The molecule has 92 valence electrons. The van der Waals surface area contributed by atoms with Crippen molar-refractivity contribution in [3.05, 3.63) is 35.3 Å². The molecule has 0 bridgehead atoms. The molecule has 2 nitrogen and oxygen atoms in total. The van der Waals surface area contributed by atoms with E-state index in [0.717, 1.165) is 24.3 Å². The molecule has 2 heteroatoms. The second-order valence-corrected chi connectivity index (χ2v) is 3.69. The zero-order chi connectivity index (χ0) is 12.4. The monoisotopic (exact) mass is 223 g/mol. The fraction of sp³-hybridized carbons (Fsp3) is 0.571. The second-order valence-electron chi connectivity index (χ2n) is 3.69. The molecule has 0 heterocycles. The van der Waals surface area contributed by atoms with Gasteiger partial charge in [-0.2, -0.15) is 0 Å². The summed E-state index contributed by atoms with van der Waals surface area (Å²) in [4.78, 5) is 0. The van der Waals surface area contributed by atoms with Crippen LogP contribution in [0.5, 0.6) is 0 Å². The van der Waals surface area contributed by atoms with Gasteiger partial charge in [-0.05, 0) is 31.4 Å². The third-order valence-corrected chi connectivity index (χ3v) is 2.44. The Morgan fingerprint density at radius 3 is 2.44 bits per heavy atom. The molecular weight excluding hydrogens is 198 g/mol. The number of allylic oxidation sites excluding steroid dienone is 5. The highest BCUT2D eigenvalue weighted by Gasteiger charge is 1.98. The third kappa shape index (κ3) is 5.64. The average Bonchev–Trinajstić information content (AvgIpc) is 2.32. The molecule has 0 aliphatic heterocycles. The van der Waals surface area contributed by atoms with Crippen molar-refractivity contribution >= 4 is 0 Å². The van der Waals surface area contributed by atoms with Crippen molar-refractivity contribution in [2.24, 2.45) is 0 Å². The SMILES string of the molecule is CCC/C=C/C(CC)=C(/C=C(\C)OC)NC. The van der Waals surface area contributed by atoms with Gasteiger partial charge in [0.05, 0.1) is 12.9 Å². The summed E-state index contributed by atoms with van der Waals surface area (Å²) in [6.45, 7) is 6.31.